The molecule has 1 aliphatic heterocycles. The van der Waals surface area contributed by atoms with E-state index in [-0.39, 0.29) is 12.1 Å². The van der Waals surface area contributed by atoms with Gasteiger partial charge in [0.15, 0.2) is 0 Å². The average molecular weight is 340 g/mol. The SMILES string of the molecule is Cc1ccc(OC2CCCN(C(=O)NCCc3ccccc3)C2)nn1. The van der Waals surface area contributed by atoms with Crippen molar-refractivity contribution in [2.75, 3.05) is 19.6 Å². The molecule has 1 fully saturated rings. The number of nitrogens with zero attached hydrogens (tertiary/aromatic N) is 3. The van der Waals surface area contributed by atoms with Crippen molar-refractivity contribution in [3.63, 3.8) is 0 Å². The third-order valence-corrected chi connectivity index (χ3v) is 4.26. The van der Waals surface area contributed by atoms with Gasteiger partial charge in [0.05, 0.1) is 12.2 Å². The normalized spacial score (nSPS) is 17.2. The molecule has 3 rings (SSSR count). The van der Waals surface area contributed by atoms with Crippen LogP contribution in [0.15, 0.2) is 42.5 Å². The van der Waals surface area contributed by atoms with Gasteiger partial charge in [-0.2, -0.15) is 5.10 Å². The second-order valence-electron chi connectivity index (χ2n) is 6.31. The second kappa shape index (κ2) is 8.46. The Morgan fingerprint density at radius 1 is 1.24 bits per heavy atom. The van der Waals surface area contributed by atoms with Crippen molar-refractivity contribution < 1.29 is 9.53 Å². The third-order valence-electron chi connectivity index (χ3n) is 4.26. The lowest BCUT2D eigenvalue weighted by Crippen LogP contribution is -2.49. The maximum Gasteiger partial charge on any atom is 0.317 e. The van der Waals surface area contributed by atoms with Crippen molar-refractivity contribution in [3.8, 4) is 5.88 Å². The number of piperidine rings is 1. The average Bonchev–Trinajstić information content (AvgIpc) is 2.65. The zero-order valence-corrected chi connectivity index (χ0v) is 14.5. The highest BCUT2D eigenvalue weighted by Crippen LogP contribution is 2.16. The Balaban J connectivity index is 1.45. The lowest BCUT2D eigenvalue weighted by Gasteiger charge is -2.32. The van der Waals surface area contributed by atoms with Crippen molar-refractivity contribution in [2.24, 2.45) is 0 Å². The first-order chi connectivity index (χ1) is 12.2. The number of hydrogen-bond donors (Lipinski definition) is 1. The summed E-state index contributed by atoms with van der Waals surface area (Å²) in [5.74, 6) is 0.516. The quantitative estimate of drug-likeness (QED) is 0.908. The minimum Gasteiger partial charge on any atom is -0.471 e. The van der Waals surface area contributed by atoms with Gasteiger partial charge in [-0.3, -0.25) is 0 Å². The van der Waals surface area contributed by atoms with Crippen LogP contribution in [-0.4, -0.2) is 46.9 Å². The van der Waals surface area contributed by atoms with Crippen LogP contribution in [0.3, 0.4) is 0 Å². The fraction of sp³-hybridized carbons (Fsp3) is 0.421. The molecule has 2 heterocycles. The number of aryl methyl sites for hydroxylation is 1. The molecule has 1 N–H and O–H groups in total. The smallest absolute Gasteiger partial charge is 0.317 e. The van der Waals surface area contributed by atoms with E-state index in [1.54, 1.807) is 0 Å². The molecule has 1 aromatic carbocycles. The van der Waals surface area contributed by atoms with Gasteiger partial charge in [0.2, 0.25) is 5.88 Å². The van der Waals surface area contributed by atoms with E-state index in [0.29, 0.717) is 19.0 Å². The summed E-state index contributed by atoms with van der Waals surface area (Å²) in [6.07, 6.45) is 2.64. The first-order valence-corrected chi connectivity index (χ1v) is 8.74. The molecule has 1 atom stereocenters. The summed E-state index contributed by atoms with van der Waals surface area (Å²) in [5, 5.41) is 11.0. The van der Waals surface area contributed by atoms with Gasteiger partial charge in [0.1, 0.15) is 6.10 Å². The van der Waals surface area contributed by atoms with Crippen LogP contribution in [-0.2, 0) is 6.42 Å². The van der Waals surface area contributed by atoms with Crippen molar-refractivity contribution in [2.45, 2.75) is 32.3 Å². The lowest BCUT2D eigenvalue weighted by molar-refractivity contribution is 0.0971. The Morgan fingerprint density at radius 3 is 2.84 bits per heavy atom. The van der Waals surface area contributed by atoms with Crippen molar-refractivity contribution >= 4 is 6.03 Å². The van der Waals surface area contributed by atoms with Crippen molar-refractivity contribution in [1.29, 1.82) is 0 Å². The van der Waals surface area contributed by atoms with Crippen LogP contribution in [0.2, 0.25) is 0 Å². The van der Waals surface area contributed by atoms with E-state index in [1.165, 1.54) is 5.56 Å². The number of aromatic nitrogens is 2. The standard InChI is InChI=1S/C19H24N4O2/c1-15-9-10-18(22-21-15)25-17-8-5-13-23(14-17)19(24)20-12-11-16-6-3-2-4-7-16/h2-4,6-7,9-10,17H,5,8,11-14H2,1H3,(H,20,24). The summed E-state index contributed by atoms with van der Waals surface area (Å²) in [6.45, 7) is 3.86. The van der Waals surface area contributed by atoms with Crippen LogP contribution < -0.4 is 10.1 Å². The number of amides is 2. The van der Waals surface area contributed by atoms with Crippen LogP contribution in [0, 0.1) is 6.92 Å². The molecule has 1 saturated heterocycles. The third kappa shape index (κ3) is 5.17. The Labute approximate surface area is 148 Å². The maximum absolute atomic E-state index is 12.4. The Kier molecular flexibility index (Phi) is 5.82. The molecular formula is C19H24N4O2. The Bertz CT molecular complexity index is 676. The molecule has 0 bridgehead atoms. The molecule has 1 aliphatic rings. The molecule has 132 valence electrons. The first-order valence-electron chi connectivity index (χ1n) is 8.74. The number of likely N-dealkylation sites (tertiary alicyclic amines) is 1. The minimum absolute atomic E-state index is 0.0285. The van der Waals surface area contributed by atoms with Gasteiger partial charge in [-0.25, -0.2) is 4.79 Å². The van der Waals surface area contributed by atoms with Crippen LogP contribution in [0.4, 0.5) is 4.79 Å². The van der Waals surface area contributed by atoms with E-state index >= 15 is 0 Å². The fourth-order valence-electron chi connectivity index (χ4n) is 2.91. The summed E-state index contributed by atoms with van der Waals surface area (Å²) in [4.78, 5) is 14.2. The number of carbonyl (C=O) groups excluding carboxylic acids is 1. The number of ether oxygens (including phenoxy) is 1. The predicted molar refractivity (Wildman–Crippen MR) is 95.5 cm³/mol. The highest BCUT2D eigenvalue weighted by atomic mass is 16.5. The first kappa shape index (κ1) is 17.2. The van der Waals surface area contributed by atoms with E-state index in [9.17, 15) is 4.79 Å². The molecule has 25 heavy (non-hydrogen) atoms. The fourth-order valence-corrected chi connectivity index (χ4v) is 2.91. The minimum atomic E-state index is -0.0365. The summed E-state index contributed by atoms with van der Waals surface area (Å²) in [7, 11) is 0. The summed E-state index contributed by atoms with van der Waals surface area (Å²) in [5.41, 5.74) is 2.08. The summed E-state index contributed by atoms with van der Waals surface area (Å²) >= 11 is 0. The van der Waals surface area contributed by atoms with Crippen LogP contribution in [0.1, 0.15) is 24.1 Å². The number of rotatable bonds is 5. The molecule has 0 aliphatic carbocycles. The summed E-state index contributed by atoms with van der Waals surface area (Å²) < 4.78 is 5.87. The highest BCUT2D eigenvalue weighted by molar-refractivity contribution is 5.74. The second-order valence-corrected chi connectivity index (χ2v) is 6.31. The molecule has 0 spiro atoms. The zero-order valence-electron chi connectivity index (χ0n) is 14.5. The van der Waals surface area contributed by atoms with Gasteiger partial charge < -0.3 is 15.0 Å². The maximum atomic E-state index is 12.4. The van der Waals surface area contributed by atoms with E-state index in [2.05, 4.69) is 27.6 Å². The molecule has 0 saturated carbocycles. The van der Waals surface area contributed by atoms with E-state index in [4.69, 9.17) is 4.74 Å². The van der Waals surface area contributed by atoms with Crippen LogP contribution >= 0.6 is 0 Å². The summed E-state index contributed by atoms with van der Waals surface area (Å²) in [6, 6.07) is 13.8. The largest absolute Gasteiger partial charge is 0.471 e. The highest BCUT2D eigenvalue weighted by Gasteiger charge is 2.25. The van der Waals surface area contributed by atoms with Gasteiger partial charge in [-0.05, 0) is 37.8 Å². The van der Waals surface area contributed by atoms with E-state index in [0.717, 1.165) is 31.5 Å². The van der Waals surface area contributed by atoms with Gasteiger partial charge >= 0.3 is 6.03 Å². The monoisotopic (exact) mass is 340 g/mol. The molecule has 6 nitrogen and oxygen atoms in total. The number of urea groups is 1. The van der Waals surface area contributed by atoms with E-state index < -0.39 is 0 Å². The molecule has 2 amide bonds. The Morgan fingerprint density at radius 2 is 2.08 bits per heavy atom. The van der Waals surface area contributed by atoms with Gasteiger partial charge in [0, 0.05) is 19.2 Å². The molecule has 1 unspecified atom stereocenters. The van der Waals surface area contributed by atoms with Gasteiger partial charge in [0.25, 0.3) is 0 Å². The zero-order chi connectivity index (χ0) is 17.5. The topological polar surface area (TPSA) is 67.3 Å². The van der Waals surface area contributed by atoms with Gasteiger partial charge in [-0.1, -0.05) is 30.3 Å². The molecule has 6 heteroatoms. The van der Waals surface area contributed by atoms with Gasteiger partial charge in [-0.15, -0.1) is 5.10 Å². The predicted octanol–water partition coefficient (Wildman–Crippen LogP) is 2.58. The van der Waals surface area contributed by atoms with Crippen LogP contribution in [0.5, 0.6) is 5.88 Å². The lowest BCUT2D eigenvalue weighted by atomic mass is 10.1. The van der Waals surface area contributed by atoms with Crippen molar-refractivity contribution in [1.82, 2.24) is 20.4 Å². The molecule has 1 aromatic heterocycles. The number of benzene rings is 1. The number of nitrogens with one attached hydrogen (secondary N) is 1. The number of hydrogen-bond acceptors (Lipinski definition) is 4. The Hall–Kier alpha value is -2.63. The molecule has 2 aromatic rings. The number of carbonyl (C=O) groups is 1. The van der Waals surface area contributed by atoms with Crippen molar-refractivity contribution in [3.05, 3.63) is 53.7 Å². The van der Waals surface area contributed by atoms with Crippen LogP contribution in [0.25, 0.3) is 0 Å². The molecular weight excluding hydrogens is 316 g/mol. The molecule has 0 radical (unpaired) electrons. The van der Waals surface area contributed by atoms with E-state index in [1.807, 2.05) is 42.2 Å².